The van der Waals surface area contributed by atoms with Crippen LogP contribution < -0.4 is 9.88 Å². The first-order valence-electron chi connectivity index (χ1n) is 6.19. The first-order valence-corrected chi connectivity index (χ1v) is 8.29. The molecule has 4 nitrogen and oxygen atoms in total. The van der Waals surface area contributed by atoms with Crippen LogP contribution in [0.3, 0.4) is 0 Å². The van der Waals surface area contributed by atoms with Crippen molar-refractivity contribution in [1.82, 2.24) is 0 Å². The highest BCUT2D eigenvalue weighted by atomic mass is 35.5. The number of benzene rings is 1. The van der Waals surface area contributed by atoms with Gasteiger partial charge < -0.3 is 4.74 Å². The Morgan fingerprint density at radius 3 is 2.26 bits per heavy atom. The van der Waals surface area contributed by atoms with Gasteiger partial charge in [-0.2, -0.15) is 0 Å². The van der Waals surface area contributed by atoms with Crippen LogP contribution in [0.5, 0.6) is 5.75 Å². The predicted octanol–water partition coefficient (Wildman–Crippen LogP) is 2.79. The zero-order chi connectivity index (χ0) is 14.5. The second kappa shape index (κ2) is 7.12. The van der Waals surface area contributed by atoms with Gasteiger partial charge in [0.1, 0.15) is 5.75 Å². The van der Waals surface area contributed by atoms with E-state index in [9.17, 15) is 8.42 Å². The molecule has 0 aromatic heterocycles. The molecule has 1 rings (SSSR count). The second-order valence-electron chi connectivity index (χ2n) is 4.64. The summed E-state index contributed by atoms with van der Waals surface area (Å²) in [5.74, 6) is 0.891. The van der Waals surface area contributed by atoms with Gasteiger partial charge in [0.2, 0.25) is 10.0 Å². The summed E-state index contributed by atoms with van der Waals surface area (Å²) in [4.78, 5) is 0. The Bertz CT molecular complexity index is 506. The third-order valence-corrected chi connectivity index (χ3v) is 3.82. The SMILES string of the molecule is Cc1cc(Cl)cc(C)c1OCCCCCS(N)(=O)=O. The first kappa shape index (κ1) is 16.3. The van der Waals surface area contributed by atoms with E-state index in [4.69, 9.17) is 21.5 Å². The van der Waals surface area contributed by atoms with E-state index in [1.807, 2.05) is 26.0 Å². The molecule has 0 fully saturated rings. The summed E-state index contributed by atoms with van der Waals surface area (Å²) >= 11 is 5.94. The van der Waals surface area contributed by atoms with E-state index in [1.165, 1.54) is 0 Å². The fourth-order valence-corrected chi connectivity index (χ4v) is 2.82. The van der Waals surface area contributed by atoms with Crippen molar-refractivity contribution >= 4 is 21.6 Å². The fourth-order valence-electron chi connectivity index (χ4n) is 1.88. The summed E-state index contributed by atoms with van der Waals surface area (Å²) in [6, 6.07) is 3.73. The smallest absolute Gasteiger partial charge is 0.209 e. The van der Waals surface area contributed by atoms with E-state index in [2.05, 4.69) is 0 Å². The number of primary sulfonamides is 1. The summed E-state index contributed by atoms with van der Waals surface area (Å²) < 4.78 is 27.2. The van der Waals surface area contributed by atoms with Crippen molar-refractivity contribution in [3.63, 3.8) is 0 Å². The van der Waals surface area contributed by atoms with Crippen LogP contribution >= 0.6 is 11.6 Å². The van der Waals surface area contributed by atoms with E-state index < -0.39 is 10.0 Å². The molecule has 0 radical (unpaired) electrons. The quantitative estimate of drug-likeness (QED) is 0.788. The molecule has 6 heteroatoms. The summed E-state index contributed by atoms with van der Waals surface area (Å²) in [5, 5.41) is 5.63. The Morgan fingerprint density at radius 2 is 1.74 bits per heavy atom. The van der Waals surface area contributed by atoms with Crippen molar-refractivity contribution in [2.45, 2.75) is 33.1 Å². The molecule has 0 bridgehead atoms. The summed E-state index contributed by atoms with van der Waals surface area (Å²) in [5.41, 5.74) is 2.02. The molecule has 1 aromatic rings. The molecule has 0 aliphatic heterocycles. The molecule has 0 amide bonds. The van der Waals surface area contributed by atoms with Gasteiger partial charge in [0.05, 0.1) is 12.4 Å². The Morgan fingerprint density at radius 1 is 1.16 bits per heavy atom. The highest BCUT2D eigenvalue weighted by Gasteiger charge is 2.06. The number of ether oxygens (including phenoxy) is 1. The molecule has 0 aliphatic carbocycles. The summed E-state index contributed by atoms with van der Waals surface area (Å²) in [6.07, 6.45) is 2.15. The first-order chi connectivity index (χ1) is 8.79. The van der Waals surface area contributed by atoms with Crippen LogP contribution in [-0.2, 0) is 10.0 Å². The molecule has 0 heterocycles. The maximum atomic E-state index is 10.7. The third kappa shape index (κ3) is 6.27. The van der Waals surface area contributed by atoms with E-state index in [0.717, 1.165) is 29.7 Å². The van der Waals surface area contributed by atoms with E-state index in [-0.39, 0.29) is 5.75 Å². The summed E-state index contributed by atoms with van der Waals surface area (Å²) in [6.45, 7) is 4.47. The maximum absolute atomic E-state index is 10.7. The van der Waals surface area contributed by atoms with Crippen LogP contribution in [-0.4, -0.2) is 20.8 Å². The van der Waals surface area contributed by atoms with Crippen molar-refractivity contribution in [3.8, 4) is 5.75 Å². The van der Waals surface area contributed by atoms with Gasteiger partial charge in [-0.15, -0.1) is 0 Å². The molecule has 0 saturated heterocycles. The lowest BCUT2D eigenvalue weighted by Crippen LogP contribution is -2.16. The van der Waals surface area contributed by atoms with Gasteiger partial charge in [-0.25, -0.2) is 13.6 Å². The molecule has 0 atom stereocenters. The number of hydrogen-bond donors (Lipinski definition) is 1. The standard InChI is InChI=1S/C13H20ClNO3S/c1-10-8-12(14)9-11(2)13(10)18-6-4-3-5-7-19(15,16)17/h8-9H,3-7H2,1-2H3,(H2,15,16,17). The van der Waals surface area contributed by atoms with Gasteiger partial charge in [0.15, 0.2) is 0 Å². The largest absolute Gasteiger partial charge is 0.493 e. The number of unbranched alkanes of at least 4 members (excludes halogenated alkanes) is 2. The zero-order valence-electron chi connectivity index (χ0n) is 11.3. The molecular weight excluding hydrogens is 286 g/mol. The monoisotopic (exact) mass is 305 g/mol. The average Bonchev–Trinajstić information content (AvgIpc) is 2.24. The average molecular weight is 306 g/mol. The lowest BCUT2D eigenvalue weighted by molar-refractivity contribution is 0.302. The van der Waals surface area contributed by atoms with Gasteiger partial charge in [0.25, 0.3) is 0 Å². The lowest BCUT2D eigenvalue weighted by Gasteiger charge is -2.12. The van der Waals surface area contributed by atoms with Gasteiger partial charge in [-0.05, 0) is 56.4 Å². The molecule has 0 unspecified atom stereocenters. The Hall–Kier alpha value is -0.780. The minimum Gasteiger partial charge on any atom is -0.493 e. The van der Waals surface area contributed by atoms with Crippen molar-refractivity contribution in [2.75, 3.05) is 12.4 Å². The third-order valence-electron chi connectivity index (χ3n) is 2.74. The topological polar surface area (TPSA) is 69.4 Å². The van der Waals surface area contributed by atoms with Gasteiger partial charge in [-0.3, -0.25) is 0 Å². The Kier molecular flexibility index (Phi) is 6.10. The van der Waals surface area contributed by atoms with E-state index in [1.54, 1.807) is 0 Å². The molecule has 0 spiro atoms. The molecule has 108 valence electrons. The van der Waals surface area contributed by atoms with Gasteiger partial charge >= 0.3 is 0 Å². The maximum Gasteiger partial charge on any atom is 0.209 e. The number of halogens is 1. The Labute approximate surface area is 120 Å². The molecule has 2 N–H and O–H groups in total. The van der Waals surface area contributed by atoms with Gasteiger partial charge in [-0.1, -0.05) is 11.6 Å². The minimum atomic E-state index is -3.34. The molecule has 1 aromatic carbocycles. The molecule has 19 heavy (non-hydrogen) atoms. The molecule has 0 aliphatic rings. The highest BCUT2D eigenvalue weighted by Crippen LogP contribution is 2.27. The minimum absolute atomic E-state index is 0.0337. The van der Waals surface area contributed by atoms with Crippen molar-refractivity contribution in [2.24, 2.45) is 5.14 Å². The van der Waals surface area contributed by atoms with Crippen LogP contribution in [0, 0.1) is 13.8 Å². The highest BCUT2D eigenvalue weighted by molar-refractivity contribution is 7.89. The van der Waals surface area contributed by atoms with Crippen molar-refractivity contribution in [1.29, 1.82) is 0 Å². The van der Waals surface area contributed by atoms with Crippen molar-refractivity contribution in [3.05, 3.63) is 28.3 Å². The zero-order valence-corrected chi connectivity index (χ0v) is 12.9. The van der Waals surface area contributed by atoms with Crippen LogP contribution in [0.25, 0.3) is 0 Å². The number of rotatable bonds is 7. The molecular formula is C13H20ClNO3S. The van der Waals surface area contributed by atoms with E-state index in [0.29, 0.717) is 18.1 Å². The van der Waals surface area contributed by atoms with Crippen LogP contribution in [0.4, 0.5) is 0 Å². The predicted molar refractivity (Wildman–Crippen MR) is 78.2 cm³/mol. The lowest BCUT2D eigenvalue weighted by atomic mass is 10.1. The van der Waals surface area contributed by atoms with Gasteiger partial charge in [0, 0.05) is 5.02 Å². The Balaban J connectivity index is 2.34. The number of nitrogens with two attached hydrogens (primary N) is 1. The number of hydrogen-bond acceptors (Lipinski definition) is 3. The summed E-state index contributed by atoms with van der Waals surface area (Å²) in [7, 11) is -3.34. The van der Waals surface area contributed by atoms with Crippen molar-refractivity contribution < 1.29 is 13.2 Å². The fraction of sp³-hybridized carbons (Fsp3) is 0.538. The van der Waals surface area contributed by atoms with Crippen LogP contribution in [0.1, 0.15) is 30.4 Å². The van der Waals surface area contributed by atoms with Crippen LogP contribution in [0.15, 0.2) is 12.1 Å². The normalized spacial score (nSPS) is 11.6. The van der Waals surface area contributed by atoms with E-state index >= 15 is 0 Å². The van der Waals surface area contributed by atoms with Crippen LogP contribution in [0.2, 0.25) is 5.02 Å². The number of aryl methyl sites for hydroxylation is 2. The second-order valence-corrected chi connectivity index (χ2v) is 6.82. The number of sulfonamides is 1. The molecule has 0 saturated carbocycles.